The van der Waals surface area contributed by atoms with E-state index in [0.717, 1.165) is 25.9 Å². The van der Waals surface area contributed by atoms with Gasteiger partial charge >= 0.3 is 0 Å². The first-order chi connectivity index (χ1) is 6.38. The molecule has 2 atom stereocenters. The SMILES string of the molecule is CCC1OC1NCCCCCCN. The number of nitrogens with one attached hydrogen (secondary N) is 1. The fourth-order valence-electron chi connectivity index (χ4n) is 1.50. The van der Waals surface area contributed by atoms with E-state index in [-0.39, 0.29) is 0 Å². The van der Waals surface area contributed by atoms with Crippen LogP contribution in [0.2, 0.25) is 0 Å². The third kappa shape index (κ3) is 4.60. The molecule has 1 heterocycles. The minimum absolute atomic E-state index is 0.361. The molecule has 3 heteroatoms. The Hall–Kier alpha value is -0.120. The molecule has 1 fully saturated rings. The summed E-state index contributed by atoms with van der Waals surface area (Å²) in [5.74, 6) is 0. The highest BCUT2D eigenvalue weighted by Gasteiger charge is 2.35. The molecule has 0 amide bonds. The topological polar surface area (TPSA) is 50.6 Å². The van der Waals surface area contributed by atoms with Crippen molar-refractivity contribution in [3.05, 3.63) is 0 Å². The molecule has 2 unspecified atom stereocenters. The molecule has 1 saturated heterocycles. The van der Waals surface area contributed by atoms with E-state index in [9.17, 15) is 0 Å². The summed E-state index contributed by atoms with van der Waals surface area (Å²) in [6.45, 7) is 4.08. The van der Waals surface area contributed by atoms with Crippen LogP contribution in [-0.4, -0.2) is 25.4 Å². The summed E-state index contributed by atoms with van der Waals surface area (Å²) in [6, 6.07) is 0. The van der Waals surface area contributed by atoms with Gasteiger partial charge in [0.1, 0.15) is 6.23 Å². The smallest absolute Gasteiger partial charge is 0.135 e. The summed E-state index contributed by atoms with van der Waals surface area (Å²) in [5, 5.41) is 3.38. The van der Waals surface area contributed by atoms with Crippen LogP contribution in [0.4, 0.5) is 0 Å². The highest BCUT2D eigenvalue weighted by molar-refractivity contribution is 4.80. The van der Waals surface area contributed by atoms with Crippen LogP contribution in [0.1, 0.15) is 39.0 Å². The molecule has 0 saturated carbocycles. The van der Waals surface area contributed by atoms with Gasteiger partial charge in [0, 0.05) is 0 Å². The Labute approximate surface area is 81.0 Å². The van der Waals surface area contributed by atoms with Crippen molar-refractivity contribution in [2.75, 3.05) is 13.1 Å². The van der Waals surface area contributed by atoms with Gasteiger partial charge in [0.25, 0.3) is 0 Å². The van der Waals surface area contributed by atoms with Crippen LogP contribution in [0.25, 0.3) is 0 Å². The van der Waals surface area contributed by atoms with Crippen LogP contribution in [0.5, 0.6) is 0 Å². The van der Waals surface area contributed by atoms with Gasteiger partial charge in [-0.25, -0.2) is 0 Å². The molecule has 0 aliphatic carbocycles. The third-order valence-corrected chi connectivity index (χ3v) is 2.46. The molecule has 1 aliphatic rings. The maximum atomic E-state index is 5.40. The standard InChI is InChI=1S/C10H22N2O/c1-2-9-10(13-9)12-8-6-4-3-5-7-11/h9-10,12H,2-8,11H2,1H3. The van der Waals surface area contributed by atoms with E-state index < -0.39 is 0 Å². The van der Waals surface area contributed by atoms with E-state index in [0.29, 0.717) is 12.3 Å². The van der Waals surface area contributed by atoms with Crippen LogP contribution in [0, 0.1) is 0 Å². The fraction of sp³-hybridized carbons (Fsp3) is 1.00. The molecule has 0 aromatic carbocycles. The molecule has 0 spiro atoms. The first-order valence-electron chi connectivity index (χ1n) is 5.47. The van der Waals surface area contributed by atoms with Crippen molar-refractivity contribution in [3.63, 3.8) is 0 Å². The molecule has 0 aromatic rings. The number of hydrogen-bond acceptors (Lipinski definition) is 3. The van der Waals surface area contributed by atoms with Crippen LogP contribution >= 0.6 is 0 Å². The molecular weight excluding hydrogens is 164 g/mol. The van der Waals surface area contributed by atoms with E-state index in [1.54, 1.807) is 0 Å². The van der Waals surface area contributed by atoms with Crippen molar-refractivity contribution >= 4 is 0 Å². The number of hydrogen-bond donors (Lipinski definition) is 2. The minimum atomic E-state index is 0.361. The summed E-state index contributed by atoms with van der Waals surface area (Å²) in [7, 11) is 0. The van der Waals surface area contributed by atoms with Crippen molar-refractivity contribution in [1.29, 1.82) is 0 Å². The van der Waals surface area contributed by atoms with Crippen LogP contribution in [0.15, 0.2) is 0 Å². The maximum Gasteiger partial charge on any atom is 0.135 e. The molecular formula is C10H22N2O. The maximum absolute atomic E-state index is 5.40. The highest BCUT2D eigenvalue weighted by Crippen LogP contribution is 2.21. The van der Waals surface area contributed by atoms with Crippen molar-refractivity contribution in [2.45, 2.75) is 51.4 Å². The second-order valence-corrected chi connectivity index (χ2v) is 3.66. The Bertz CT molecular complexity index is 130. The van der Waals surface area contributed by atoms with E-state index in [4.69, 9.17) is 10.5 Å². The largest absolute Gasteiger partial charge is 0.353 e. The Morgan fingerprint density at radius 3 is 2.62 bits per heavy atom. The average molecular weight is 186 g/mol. The average Bonchev–Trinajstić information content (AvgIpc) is 2.90. The van der Waals surface area contributed by atoms with Gasteiger partial charge in [0.2, 0.25) is 0 Å². The lowest BCUT2D eigenvalue weighted by atomic mass is 10.2. The molecule has 0 bridgehead atoms. The molecule has 3 nitrogen and oxygen atoms in total. The lowest BCUT2D eigenvalue weighted by Gasteiger charge is -2.00. The molecule has 0 aromatic heterocycles. The van der Waals surface area contributed by atoms with Crippen LogP contribution in [-0.2, 0) is 4.74 Å². The first-order valence-corrected chi connectivity index (χ1v) is 5.47. The monoisotopic (exact) mass is 186 g/mol. The van der Waals surface area contributed by atoms with Gasteiger partial charge in [0.15, 0.2) is 0 Å². The van der Waals surface area contributed by atoms with E-state index in [2.05, 4.69) is 12.2 Å². The van der Waals surface area contributed by atoms with Gasteiger partial charge in [-0.3, -0.25) is 5.32 Å². The minimum Gasteiger partial charge on any atom is -0.353 e. The molecule has 78 valence electrons. The predicted molar refractivity (Wildman–Crippen MR) is 54.5 cm³/mol. The van der Waals surface area contributed by atoms with Gasteiger partial charge in [0.05, 0.1) is 6.10 Å². The lowest BCUT2D eigenvalue weighted by molar-refractivity contribution is 0.341. The van der Waals surface area contributed by atoms with Crippen molar-refractivity contribution in [3.8, 4) is 0 Å². The van der Waals surface area contributed by atoms with Crippen molar-refractivity contribution in [1.82, 2.24) is 5.32 Å². The van der Waals surface area contributed by atoms with Gasteiger partial charge in [-0.2, -0.15) is 0 Å². The normalized spacial score (nSPS) is 26.3. The molecule has 1 aliphatic heterocycles. The van der Waals surface area contributed by atoms with Crippen molar-refractivity contribution in [2.24, 2.45) is 5.73 Å². The molecule has 13 heavy (non-hydrogen) atoms. The summed E-state index contributed by atoms with van der Waals surface area (Å²) in [6.07, 6.45) is 6.94. The van der Waals surface area contributed by atoms with Gasteiger partial charge < -0.3 is 10.5 Å². The van der Waals surface area contributed by atoms with Crippen LogP contribution < -0.4 is 11.1 Å². The second-order valence-electron chi connectivity index (χ2n) is 3.66. The zero-order valence-corrected chi connectivity index (χ0v) is 8.59. The number of epoxide rings is 1. The third-order valence-electron chi connectivity index (χ3n) is 2.46. The number of unbranched alkanes of at least 4 members (excludes halogenated alkanes) is 3. The highest BCUT2D eigenvalue weighted by atomic mass is 16.6. The lowest BCUT2D eigenvalue weighted by Crippen LogP contribution is -2.20. The predicted octanol–water partition coefficient (Wildman–Crippen LogP) is 1.23. The first kappa shape index (κ1) is 11.0. The Balaban J connectivity index is 1.75. The quantitative estimate of drug-likeness (QED) is 0.443. The van der Waals surface area contributed by atoms with E-state index in [1.807, 2.05) is 0 Å². The van der Waals surface area contributed by atoms with Gasteiger partial charge in [-0.05, 0) is 32.4 Å². The van der Waals surface area contributed by atoms with Gasteiger partial charge in [-0.1, -0.05) is 19.8 Å². The number of rotatable bonds is 8. The molecule has 3 N–H and O–H groups in total. The summed E-state index contributed by atoms with van der Waals surface area (Å²) < 4.78 is 5.36. The van der Waals surface area contributed by atoms with E-state index in [1.165, 1.54) is 19.3 Å². The van der Waals surface area contributed by atoms with E-state index >= 15 is 0 Å². The van der Waals surface area contributed by atoms with Gasteiger partial charge in [-0.15, -0.1) is 0 Å². The summed E-state index contributed by atoms with van der Waals surface area (Å²) >= 11 is 0. The van der Waals surface area contributed by atoms with Crippen LogP contribution in [0.3, 0.4) is 0 Å². The zero-order chi connectivity index (χ0) is 9.52. The Kier molecular flexibility index (Phi) is 5.35. The Morgan fingerprint density at radius 2 is 2.00 bits per heavy atom. The molecule has 0 radical (unpaired) electrons. The zero-order valence-electron chi connectivity index (χ0n) is 8.59. The Morgan fingerprint density at radius 1 is 1.23 bits per heavy atom. The fourth-order valence-corrected chi connectivity index (χ4v) is 1.50. The summed E-state index contributed by atoms with van der Waals surface area (Å²) in [5.41, 5.74) is 5.40. The number of ether oxygens (including phenoxy) is 1. The summed E-state index contributed by atoms with van der Waals surface area (Å²) in [4.78, 5) is 0. The molecule has 1 rings (SSSR count). The second kappa shape index (κ2) is 6.35. The van der Waals surface area contributed by atoms with Crippen molar-refractivity contribution < 1.29 is 4.74 Å². The number of nitrogens with two attached hydrogens (primary N) is 1.